The number of thiophene rings is 1. The standard InChI is InChI=1S/C13H7BrFNO2S/c14-4-11(17)10-5-18-13(16-10)8-6-19-12-7(8)2-1-3-9(12)15/h1-3,5-6H,4H2. The van der Waals surface area contributed by atoms with Gasteiger partial charge in [0.25, 0.3) is 0 Å². The third kappa shape index (κ3) is 2.11. The number of hydrogen-bond donors (Lipinski definition) is 0. The predicted octanol–water partition coefficient (Wildman–Crippen LogP) is 4.27. The number of hydrogen-bond acceptors (Lipinski definition) is 4. The molecule has 0 saturated heterocycles. The summed E-state index contributed by atoms with van der Waals surface area (Å²) in [5.41, 5.74) is 0.968. The van der Waals surface area contributed by atoms with Crippen molar-refractivity contribution in [2.24, 2.45) is 0 Å². The first-order chi connectivity index (χ1) is 9.20. The van der Waals surface area contributed by atoms with Crippen LogP contribution >= 0.6 is 27.3 Å². The molecule has 0 spiro atoms. The molecule has 0 N–H and O–H groups in total. The Bertz CT molecular complexity index is 765. The molecule has 0 atom stereocenters. The number of carbonyl (C=O) groups is 1. The molecule has 2 aromatic heterocycles. The summed E-state index contributed by atoms with van der Waals surface area (Å²) >= 11 is 4.37. The van der Waals surface area contributed by atoms with Crippen LogP contribution in [0.1, 0.15) is 10.5 Å². The summed E-state index contributed by atoms with van der Waals surface area (Å²) in [6, 6.07) is 4.86. The Hall–Kier alpha value is -1.53. The third-order valence-corrected chi connectivity index (χ3v) is 4.21. The quantitative estimate of drug-likeness (QED) is 0.528. The van der Waals surface area contributed by atoms with Gasteiger partial charge in [-0.15, -0.1) is 11.3 Å². The van der Waals surface area contributed by atoms with Crippen LogP contribution in [-0.4, -0.2) is 16.1 Å². The van der Waals surface area contributed by atoms with Gasteiger partial charge in [0.15, 0.2) is 5.78 Å². The van der Waals surface area contributed by atoms with Crippen molar-refractivity contribution in [1.82, 2.24) is 4.98 Å². The number of ketones is 1. The average molecular weight is 340 g/mol. The largest absolute Gasteiger partial charge is 0.444 e. The van der Waals surface area contributed by atoms with Crippen LogP contribution in [-0.2, 0) is 0 Å². The Morgan fingerprint density at radius 3 is 3.11 bits per heavy atom. The Morgan fingerprint density at radius 1 is 1.47 bits per heavy atom. The molecule has 0 aliphatic rings. The van der Waals surface area contributed by atoms with Gasteiger partial charge >= 0.3 is 0 Å². The number of fused-ring (bicyclic) bond motifs is 1. The van der Waals surface area contributed by atoms with Crippen molar-refractivity contribution in [1.29, 1.82) is 0 Å². The molecular weight excluding hydrogens is 333 g/mol. The predicted molar refractivity (Wildman–Crippen MR) is 75.4 cm³/mol. The molecular formula is C13H7BrFNO2S. The lowest BCUT2D eigenvalue weighted by Gasteiger charge is -1.94. The molecule has 0 bridgehead atoms. The van der Waals surface area contributed by atoms with Crippen molar-refractivity contribution in [3.05, 3.63) is 41.4 Å². The number of rotatable bonds is 3. The van der Waals surface area contributed by atoms with Crippen LogP contribution in [0.25, 0.3) is 21.5 Å². The third-order valence-electron chi connectivity index (χ3n) is 2.69. The number of nitrogens with zero attached hydrogens (tertiary/aromatic N) is 1. The molecule has 0 unspecified atom stereocenters. The summed E-state index contributed by atoms with van der Waals surface area (Å²) in [5.74, 6) is -0.0843. The molecule has 0 radical (unpaired) electrons. The first-order valence-corrected chi connectivity index (χ1v) is 7.41. The minimum Gasteiger partial charge on any atom is -0.444 e. The zero-order valence-electron chi connectivity index (χ0n) is 9.52. The lowest BCUT2D eigenvalue weighted by molar-refractivity contribution is 0.101. The van der Waals surface area contributed by atoms with E-state index >= 15 is 0 Å². The maximum absolute atomic E-state index is 13.6. The Balaban J connectivity index is 2.12. The van der Waals surface area contributed by atoms with E-state index in [1.165, 1.54) is 23.7 Å². The van der Waals surface area contributed by atoms with E-state index in [9.17, 15) is 9.18 Å². The van der Waals surface area contributed by atoms with Crippen molar-refractivity contribution >= 4 is 43.1 Å². The van der Waals surface area contributed by atoms with Crippen molar-refractivity contribution < 1.29 is 13.6 Å². The zero-order chi connectivity index (χ0) is 13.4. The highest BCUT2D eigenvalue weighted by molar-refractivity contribution is 9.09. The molecule has 0 fully saturated rings. The maximum atomic E-state index is 13.6. The van der Waals surface area contributed by atoms with Gasteiger partial charge in [0.1, 0.15) is 17.8 Å². The van der Waals surface area contributed by atoms with Gasteiger partial charge in [0, 0.05) is 10.8 Å². The molecule has 0 aliphatic heterocycles. The van der Waals surface area contributed by atoms with Crippen molar-refractivity contribution in [2.45, 2.75) is 0 Å². The van der Waals surface area contributed by atoms with Gasteiger partial charge < -0.3 is 4.42 Å². The van der Waals surface area contributed by atoms with Gasteiger partial charge in [-0.3, -0.25) is 4.79 Å². The highest BCUT2D eigenvalue weighted by Gasteiger charge is 2.16. The van der Waals surface area contributed by atoms with E-state index in [2.05, 4.69) is 20.9 Å². The number of Topliss-reactive ketones (excluding diaryl/α,β-unsaturated/α-hetero) is 1. The second-order valence-electron chi connectivity index (χ2n) is 3.86. The van der Waals surface area contributed by atoms with Crippen LogP contribution in [0, 0.1) is 5.82 Å². The highest BCUT2D eigenvalue weighted by Crippen LogP contribution is 2.34. The molecule has 19 heavy (non-hydrogen) atoms. The van der Waals surface area contributed by atoms with Crippen molar-refractivity contribution in [2.75, 3.05) is 5.33 Å². The van der Waals surface area contributed by atoms with E-state index in [4.69, 9.17) is 4.42 Å². The highest BCUT2D eigenvalue weighted by atomic mass is 79.9. The Morgan fingerprint density at radius 2 is 2.32 bits per heavy atom. The molecule has 0 saturated carbocycles. The maximum Gasteiger partial charge on any atom is 0.228 e. The van der Waals surface area contributed by atoms with Crippen LogP contribution in [0.5, 0.6) is 0 Å². The average Bonchev–Trinajstić information content (AvgIpc) is 3.04. The fraction of sp³-hybridized carbons (Fsp3) is 0.0769. The zero-order valence-corrected chi connectivity index (χ0v) is 11.9. The molecule has 0 amide bonds. The monoisotopic (exact) mass is 339 g/mol. The Labute approximate surface area is 120 Å². The van der Waals surface area contributed by atoms with E-state index < -0.39 is 0 Å². The van der Waals surface area contributed by atoms with Crippen LogP contribution in [0.15, 0.2) is 34.3 Å². The molecule has 2 heterocycles. The summed E-state index contributed by atoms with van der Waals surface area (Å²) in [5, 5.41) is 2.71. The van der Waals surface area contributed by atoms with Gasteiger partial charge in [-0.2, -0.15) is 0 Å². The number of halogens is 2. The van der Waals surface area contributed by atoms with Crippen molar-refractivity contribution in [3.8, 4) is 11.5 Å². The summed E-state index contributed by atoms with van der Waals surface area (Å²) in [6.07, 6.45) is 1.32. The molecule has 1 aromatic carbocycles. The van der Waals surface area contributed by atoms with Crippen LogP contribution in [0.2, 0.25) is 0 Å². The van der Waals surface area contributed by atoms with Crippen LogP contribution in [0.3, 0.4) is 0 Å². The first kappa shape index (κ1) is 12.5. The Kier molecular flexibility index (Phi) is 3.20. The molecule has 3 aromatic rings. The van der Waals surface area contributed by atoms with Gasteiger partial charge in [-0.1, -0.05) is 28.1 Å². The molecule has 0 aliphatic carbocycles. The van der Waals surface area contributed by atoms with Gasteiger partial charge in [0.2, 0.25) is 5.89 Å². The summed E-state index contributed by atoms with van der Waals surface area (Å²) in [7, 11) is 0. The fourth-order valence-corrected chi connectivity index (χ4v) is 3.02. The number of benzene rings is 1. The smallest absolute Gasteiger partial charge is 0.228 e. The number of aromatic nitrogens is 1. The van der Waals surface area contributed by atoms with Gasteiger partial charge in [-0.25, -0.2) is 9.37 Å². The van der Waals surface area contributed by atoms with E-state index in [1.54, 1.807) is 17.5 Å². The number of oxazole rings is 1. The molecule has 3 nitrogen and oxygen atoms in total. The first-order valence-electron chi connectivity index (χ1n) is 5.41. The molecule has 6 heteroatoms. The number of carbonyl (C=O) groups excluding carboxylic acids is 1. The summed E-state index contributed by atoms with van der Waals surface area (Å²) in [4.78, 5) is 15.6. The SMILES string of the molecule is O=C(CBr)c1coc(-c2csc3c(F)cccc23)n1. The van der Waals surface area contributed by atoms with E-state index in [-0.39, 0.29) is 22.6 Å². The molecule has 3 rings (SSSR count). The van der Waals surface area contributed by atoms with Gasteiger partial charge in [0.05, 0.1) is 15.6 Å². The topological polar surface area (TPSA) is 43.1 Å². The van der Waals surface area contributed by atoms with E-state index in [0.717, 1.165) is 5.39 Å². The normalized spacial score (nSPS) is 11.1. The van der Waals surface area contributed by atoms with E-state index in [0.29, 0.717) is 16.2 Å². The van der Waals surface area contributed by atoms with Gasteiger partial charge in [-0.05, 0) is 6.07 Å². The molecule has 96 valence electrons. The lowest BCUT2D eigenvalue weighted by Crippen LogP contribution is -1.99. The van der Waals surface area contributed by atoms with E-state index in [1.807, 2.05) is 0 Å². The fourth-order valence-electron chi connectivity index (χ4n) is 1.78. The number of alkyl halides is 1. The summed E-state index contributed by atoms with van der Waals surface area (Å²) in [6.45, 7) is 0. The lowest BCUT2D eigenvalue weighted by atomic mass is 10.2. The summed E-state index contributed by atoms with van der Waals surface area (Å²) < 4.78 is 19.5. The second kappa shape index (κ2) is 4.86. The van der Waals surface area contributed by atoms with Crippen LogP contribution in [0.4, 0.5) is 4.39 Å². The van der Waals surface area contributed by atoms with Crippen molar-refractivity contribution in [3.63, 3.8) is 0 Å². The second-order valence-corrected chi connectivity index (χ2v) is 5.30. The van der Waals surface area contributed by atoms with Crippen LogP contribution < -0.4 is 0 Å². The minimum absolute atomic E-state index is 0.152. The minimum atomic E-state index is -0.267.